The maximum absolute atomic E-state index is 10.6. The number of ether oxygens (including phenoxy) is 3. The fraction of sp³-hybridized carbons (Fsp3) is 0.208. The SMILES string of the molecule is COc1ccc(Br)cc1[C@@H]1N=C(c2ccc3c(c2)OCO3)C[C@@H](c2cc(Cl)ccc2O)N1. The summed E-state index contributed by atoms with van der Waals surface area (Å²) in [4.78, 5) is 5.02. The topological polar surface area (TPSA) is 72.3 Å². The Labute approximate surface area is 198 Å². The molecule has 164 valence electrons. The molecule has 0 fully saturated rings. The first-order chi connectivity index (χ1) is 15.5. The van der Waals surface area contributed by atoms with Crippen LogP contribution in [-0.4, -0.2) is 24.7 Å². The van der Waals surface area contributed by atoms with Crippen molar-refractivity contribution in [2.75, 3.05) is 13.9 Å². The van der Waals surface area contributed by atoms with Crippen molar-refractivity contribution in [3.63, 3.8) is 0 Å². The van der Waals surface area contributed by atoms with Crippen LogP contribution in [0.2, 0.25) is 5.02 Å². The number of fused-ring (bicyclic) bond motifs is 1. The zero-order valence-electron chi connectivity index (χ0n) is 17.1. The summed E-state index contributed by atoms with van der Waals surface area (Å²) in [6, 6.07) is 16.5. The first kappa shape index (κ1) is 21.1. The molecular formula is C24H20BrClN2O4. The Kier molecular flexibility index (Phi) is 5.71. The van der Waals surface area contributed by atoms with E-state index in [9.17, 15) is 5.11 Å². The number of halogens is 2. The first-order valence-electron chi connectivity index (χ1n) is 10.1. The number of nitrogens with one attached hydrogen (secondary N) is 1. The van der Waals surface area contributed by atoms with E-state index in [1.165, 1.54) is 0 Å². The number of aromatic hydroxyl groups is 1. The van der Waals surface area contributed by atoms with Crippen molar-refractivity contribution in [3.05, 3.63) is 80.8 Å². The van der Waals surface area contributed by atoms with Gasteiger partial charge in [0.25, 0.3) is 0 Å². The molecule has 2 N–H and O–H groups in total. The number of phenols is 1. The summed E-state index contributed by atoms with van der Waals surface area (Å²) in [6.45, 7) is 0.212. The minimum Gasteiger partial charge on any atom is -0.508 e. The first-order valence-corrected chi connectivity index (χ1v) is 11.2. The van der Waals surface area contributed by atoms with Crippen LogP contribution in [0.3, 0.4) is 0 Å². The molecule has 0 radical (unpaired) electrons. The van der Waals surface area contributed by atoms with Crippen LogP contribution >= 0.6 is 27.5 Å². The van der Waals surface area contributed by atoms with Crippen molar-refractivity contribution >= 4 is 33.2 Å². The van der Waals surface area contributed by atoms with Crippen LogP contribution in [-0.2, 0) is 0 Å². The third-order valence-corrected chi connectivity index (χ3v) is 6.33. The van der Waals surface area contributed by atoms with Crippen LogP contribution in [0, 0.1) is 0 Å². The molecule has 6 nitrogen and oxygen atoms in total. The number of methoxy groups -OCH3 is 1. The summed E-state index contributed by atoms with van der Waals surface area (Å²) >= 11 is 9.80. The van der Waals surface area contributed by atoms with Crippen LogP contribution in [0.15, 0.2) is 64.1 Å². The van der Waals surface area contributed by atoms with Gasteiger partial charge in [-0.3, -0.25) is 10.3 Å². The maximum Gasteiger partial charge on any atom is 0.231 e. The van der Waals surface area contributed by atoms with E-state index in [2.05, 4.69) is 21.2 Å². The van der Waals surface area contributed by atoms with Crippen LogP contribution in [0.4, 0.5) is 0 Å². The standard InChI is InChI=1S/C24H20BrClN2O4/c1-30-21-7-3-14(25)9-17(21)24-27-18(13-2-6-22-23(8-13)32-12-31-22)11-19(28-24)16-10-15(26)4-5-20(16)29/h2-10,19,24,28-29H,11-12H2,1H3/t19-,24+/m0/s1. The minimum absolute atomic E-state index is 0.179. The highest BCUT2D eigenvalue weighted by atomic mass is 79.9. The molecule has 2 heterocycles. The lowest BCUT2D eigenvalue weighted by atomic mass is 9.93. The van der Waals surface area contributed by atoms with Crippen molar-refractivity contribution in [1.82, 2.24) is 5.32 Å². The predicted molar refractivity (Wildman–Crippen MR) is 126 cm³/mol. The van der Waals surface area contributed by atoms with E-state index in [1.807, 2.05) is 36.4 Å². The number of hydrogen-bond donors (Lipinski definition) is 2. The predicted octanol–water partition coefficient (Wildman–Crippen LogP) is 5.77. The number of hydrogen-bond acceptors (Lipinski definition) is 6. The lowest BCUT2D eigenvalue weighted by Gasteiger charge is -2.31. The Bertz CT molecular complexity index is 1220. The molecule has 2 aliphatic heterocycles. The van der Waals surface area contributed by atoms with Gasteiger partial charge in [-0.25, -0.2) is 0 Å². The number of aliphatic imine (C=N–C) groups is 1. The molecule has 0 aliphatic carbocycles. The van der Waals surface area contributed by atoms with Crippen LogP contribution in [0.1, 0.15) is 35.3 Å². The lowest BCUT2D eigenvalue weighted by Crippen LogP contribution is -2.33. The maximum atomic E-state index is 10.6. The molecule has 3 aromatic rings. The second-order valence-electron chi connectivity index (χ2n) is 7.56. The Hall–Kier alpha value is -2.74. The van der Waals surface area contributed by atoms with Gasteiger partial charge in [0.15, 0.2) is 11.5 Å². The second kappa shape index (κ2) is 8.65. The van der Waals surface area contributed by atoms with Gasteiger partial charge in [0.2, 0.25) is 6.79 Å². The van der Waals surface area contributed by atoms with Crippen molar-refractivity contribution in [1.29, 1.82) is 0 Å². The molecule has 8 heteroatoms. The minimum atomic E-state index is -0.403. The smallest absolute Gasteiger partial charge is 0.231 e. The fourth-order valence-electron chi connectivity index (χ4n) is 4.04. The third kappa shape index (κ3) is 4.03. The molecule has 0 amide bonds. The second-order valence-corrected chi connectivity index (χ2v) is 8.91. The third-order valence-electron chi connectivity index (χ3n) is 5.60. The quantitative estimate of drug-likeness (QED) is 0.462. The van der Waals surface area contributed by atoms with Gasteiger partial charge >= 0.3 is 0 Å². The number of rotatable bonds is 4. The number of nitrogens with zero attached hydrogens (tertiary/aromatic N) is 1. The van der Waals surface area contributed by atoms with E-state index >= 15 is 0 Å². The van der Waals surface area contributed by atoms with Gasteiger partial charge in [-0.1, -0.05) is 27.5 Å². The molecule has 0 spiro atoms. The molecule has 3 aromatic carbocycles. The highest BCUT2D eigenvalue weighted by Crippen LogP contribution is 2.40. The molecule has 0 aromatic heterocycles. The zero-order chi connectivity index (χ0) is 22.2. The van der Waals surface area contributed by atoms with Gasteiger partial charge in [-0.05, 0) is 60.2 Å². The Morgan fingerprint density at radius 1 is 1.06 bits per heavy atom. The summed E-state index contributed by atoms with van der Waals surface area (Å²) in [6.07, 6.45) is 0.153. The monoisotopic (exact) mass is 514 g/mol. The molecule has 0 bridgehead atoms. The van der Waals surface area contributed by atoms with Gasteiger partial charge in [0.05, 0.1) is 7.11 Å². The van der Waals surface area contributed by atoms with Crippen LogP contribution in [0.25, 0.3) is 0 Å². The molecule has 0 saturated carbocycles. The van der Waals surface area contributed by atoms with Gasteiger partial charge in [-0.2, -0.15) is 0 Å². The highest BCUT2D eigenvalue weighted by molar-refractivity contribution is 9.10. The van der Waals surface area contributed by atoms with E-state index in [0.29, 0.717) is 22.8 Å². The average Bonchev–Trinajstić information content (AvgIpc) is 3.28. The molecule has 2 atom stereocenters. The van der Waals surface area contributed by atoms with Crippen molar-refractivity contribution in [2.45, 2.75) is 18.6 Å². The van der Waals surface area contributed by atoms with Crippen molar-refractivity contribution < 1.29 is 19.3 Å². The molecule has 32 heavy (non-hydrogen) atoms. The summed E-state index contributed by atoms with van der Waals surface area (Å²) in [5, 5.41) is 14.7. The Morgan fingerprint density at radius 3 is 2.75 bits per heavy atom. The Balaban J connectivity index is 1.61. The summed E-state index contributed by atoms with van der Waals surface area (Å²) in [5.74, 6) is 2.31. The van der Waals surface area contributed by atoms with E-state index in [0.717, 1.165) is 32.8 Å². The van der Waals surface area contributed by atoms with Crippen molar-refractivity contribution in [3.8, 4) is 23.0 Å². The van der Waals surface area contributed by atoms with Gasteiger partial charge < -0.3 is 19.3 Å². The van der Waals surface area contributed by atoms with Gasteiger partial charge in [0.1, 0.15) is 17.7 Å². The van der Waals surface area contributed by atoms with E-state index < -0.39 is 6.17 Å². The zero-order valence-corrected chi connectivity index (χ0v) is 19.5. The van der Waals surface area contributed by atoms with Crippen molar-refractivity contribution in [2.24, 2.45) is 4.99 Å². The fourth-order valence-corrected chi connectivity index (χ4v) is 4.60. The number of phenolic OH excluding ortho intramolecular Hbond substituents is 1. The normalized spacial score (nSPS) is 19.5. The van der Waals surface area contributed by atoms with E-state index in [1.54, 1.807) is 25.3 Å². The molecule has 5 rings (SSSR count). The van der Waals surface area contributed by atoms with Crippen LogP contribution in [0.5, 0.6) is 23.0 Å². The van der Waals surface area contributed by atoms with Gasteiger partial charge in [0, 0.05) is 38.8 Å². The van der Waals surface area contributed by atoms with E-state index in [-0.39, 0.29) is 18.6 Å². The largest absolute Gasteiger partial charge is 0.508 e. The lowest BCUT2D eigenvalue weighted by molar-refractivity contribution is 0.174. The summed E-state index contributed by atoms with van der Waals surface area (Å²) < 4.78 is 17.5. The molecule has 2 aliphatic rings. The average molecular weight is 516 g/mol. The molecule has 0 saturated heterocycles. The Morgan fingerprint density at radius 2 is 1.91 bits per heavy atom. The van der Waals surface area contributed by atoms with Crippen LogP contribution < -0.4 is 19.5 Å². The molecule has 0 unspecified atom stereocenters. The molecular weight excluding hydrogens is 496 g/mol. The van der Waals surface area contributed by atoms with E-state index in [4.69, 9.17) is 30.8 Å². The van der Waals surface area contributed by atoms with Gasteiger partial charge in [-0.15, -0.1) is 0 Å². The number of benzene rings is 3. The highest BCUT2D eigenvalue weighted by Gasteiger charge is 2.30. The summed E-state index contributed by atoms with van der Waals surface area (Å²) in [7, 11) is 1.64. The summed E-state index contributed by atoms with van der Waals surface area (Å²) in [5.41, 5.74) is 3.40.